The van der Waals surface area contributed by atoms with Crippen LogP contribution >= 0.6 is 0 Å². The van der Waals surface area contributed by atoms with Crippen LogP contribution in [0, 0.1) is 0 Å². The molecule has 2 heterocycles. The van der Waals surface area contributed by atoms with E-state index in [1.165, 1.54) is 11.0 Å². The van der Waals surface area contributed by atoms with Crippen LogP contribution < -0.4 is 0 Å². The van der Waals surface area contributed by atoms with Crippen LogP contribution in [-0.2, 0) is 4.79 Å². The van der Waals surface area contributed by atoms with Crippen molar-refractivity contribution in [2.24, 2.45) is 0 Å². The number of unbranched alkanes of at least 4 members (excludes halogenated alkanes) is 1. The largest absolute Gasteiger partial charge is 0.342 e. The van der Waals surface area contributed by atoms with Crippen molar-refractivity contribution >= 4 is 11.8 Å². The Morgan fingerprint density at radius 2 is 2.18 bits per heavy atom. The summed E-state index contributed by atoms with van der Waals surface area (Å²) in [6.07, 6.45) is 3.37. The smallest absolute Gasteiger partial charge is 0.333 e. The minimum atomic E-state index is -2.79. The summed E-state index contributed by atoms with van der Waals surface area (Å²) in [7, 11) is 1.70. The van der Waals surface area contributed by atoms with E-state index < -0.39 is 18.5 Å². The molecule has 1 fully saturated rings. The van der Waals surface area contributed by atoms with Crippen LogP contribution in [0.3, 0.4) is 0 Å². The summed E-state index contributed by atoms with van der Waals surface area (Å²) in [4.78, 5) is 27.8. The molecule has 1 aromatic heterocycles. The van der Waals surface area contributed by atoms with Gasteiger partial charge in [0.2, 0.25) is 5.91 Å². The van der Waals surface area contributed by atoms with Crippen molar-refractivity contribution in [1.29, 1.82) is 0 Å². The molecule has 0 radical (unpaired) electrons. The summed E-state index contributed by atoms with van der Waals surface area (Å²) in [6.45, 7) is 0.0410. The Labute approximate surface area is 127 Å². The van der Waals surface area contributed by atoms with Gasteiger partial charge in [-0.2, -0.15) is 13.9 Å². The predicted octanol–water partition coefficient (Wildman–Crippen LogP) is 1.75. The van der Waals surface area contributed by atoms with E-state index in [2.05, 4.69) is 5.10 Å². The number of hydrogen-bond acceptors (Lipinski definition) is 3. The lowest BCUT2D eigenvalue weighted by molar-refractivity contribution is -0.138. The lowest BCUT2D eigenvalue weighted by atomic mass is 10.0. The zero-order valence-electron chi connectivity index (χ0n) is 12.7. The second-order valence-electron chi connectivity index (χ2n) is 5.38. The van der Waals surface area contributed by atoms with E-state index in [4.69, 9.17) is 0 Å². The molecular weight excluding hydrogens is 294 g/mol. The zero-order valence-corrected chi connectivity index (χ0v) is 12.7. The minimum absolute atomic E-state index is 0.0563. The van der Waals surface area contributed by atoms with Gasteiger partial charge < -0.3 is 9.80 Å². The topological polar surface area (TPSA) is 58.4 Å². The third-order valence-corrected chi connectivity index (χ3v) is 3.83. The van der Waals surface area contributed by atoms with Gasteiger partial charge in [0, 0.05) is 26.3 Å². The van der Waals surface area contributed by atoms with Crippen LogP contribution in [0.15, 0.2) is 12.3 Å². The first-order valence-electron chi connectivity index (χ1n) is 7.35. The SMILES string of the molecule is CCCCC1C(=O)N(C)CCN1C(=O)c1ccn(C(F)F)n1. The number of rotatable bonds is 5. The van der Waals surface area contributed by atoms with E-state index in [0.29, 0.717) is 24.2 Å². The number of nitrogens with zero attached hydrogens (tertiary/aromatic N) is 4. The summed E-state index contributed by atoms with van der Waals surface area (Å²) in [6, 6.07) is 0.719. The summed E-state index contributed by atoms with van der Waals surface area (Å²) < 4.78 is 25.6. The number of piperazine rings is 1. The third kappa shape index (κ3) is 3.26. The van der Waals surface area contributed by atoms with Crippen LogP contribution in [0.2, 0.25) is 0 Å². The molecule has 0 saturated carbocycles. The Morgan fingerprint density at radius 3 is 2.77 bits per heavy atom. The summed E-state index contributed by atoms with van der Waals surface area (Å²) >= 11 is 0. The number of alkyl halides is 2. The maximum absolute atomic E-state index is 12.6. The van der Waals surface area contributed by atoms with E-state index in [1.54, 1.807) is 11.9 Å². The van der Waals surface area contributed by atoms with Gasteiger partial charge in [0.05, 0.1) is 0 Å². The normalized spacial score (nSPS) is 19.1. The Morgan fingerprint density at radius 1 is 1.45 bits per heavy atom. The molecule has 22 heavy (non-hydrogen) atoms. The molecule has 0 bridgehead atoms. The Kier molecular flexibility index (Phi) is 5.10. The summed E-state index contributed by atoms with van der Waals surface area (Å²) in [5, 5.41) is 3.59. The second kappa shape index (κ2) is 6.85. The van der Waals surface area contributed by atoms with Gasteiger partial charge in [-0.05, 0) is 12.5 Å². The quantitative estimate of drug-likeness (QED) is 0.832. The van der Waals surface area contributed by atoms with Crippen molar-refractivity contribution in [1.82, 2.24) is 19.6 Å². The zero-order chi connectivity index (χ0) is 16.3. The van der Waals surface area contributed by atoms with Gasteiger partial charge >= 0.3 is 6.55 Å². The van der Waals surface area contributed by atoms with Crippen molar-refractivity contribution in [2.45, 2.75) is 38.8 Å². The van der Waals surface area contributed by atoms with Crippen LogP contribution in [0.25, 0.3) is 0 Å². The van der Waals surface area contributed by atoms with E-state index in [9.17, 15) is 18.4 Å². The van der Waals surface area contributed by atoms with Gasteiger partial charge in [-0.15, -0.1) is 0 Å². The van der Waals surface area contributed by atoms with Crippen LogP contribution in [0.5, 0.6) is 0 Å². The number of halogens is 2. The number of carbonyl (C=O) groups excluding carboxylic acids is 2. The third-order valence-electron chi connectivity index (χ3n) is 3.83. The van der Waals surface area contributed by atoms with Crippen molar-refractivity contribution < 1.29 is 18.4 Å². The first kappa shape index (κ1) is 16.4. The molecule has 2 amide bonds. The molecule has 0 spiro atoms. The first-order chi connectivity index (χ1) is 10.5. The highest BCUT2D eigenvalue weighted by Gasteiger charge is 2.36. The van der Waals surface area contributed by atoms with E-state index in [1.807, 2.05) is 6.92 Å². The van der Waals surface area contributed by atoms with Crippen molar-refractivity contribution in [2.75, 3.05) is 20.1 Å². The standard InChI is InChI=1S/C14H20F2N4O2/c1-3-4-5-11-13(22)18(2)8-9-19(11)12(21)10-6-7-20(17-10)14(15)16/h6-7,11,14H,3-5,8-9H2,1-2H3. The van der Waals surface area contributed by atoms with Crippen LogP contribution in [0.4, 0.5) is 8.78 Å². The fourth-order valence-electron chi connectivity index (χ4n) is 2.54. The predicted molar refractivity (Wildman–Crippen MR) is 75.5 cm³/mol. The molecule has 1 aliphatic heterocycles. The lowest BCUT2D eigenvalue weighted by Crippen LogP contribution is -2.57. The lowest BCUT2D eigenvalue weighted by Gasteiger charge is -2.38. The van der Waals surface area contributed by atoms with E-state index in [0.717, 1.165) is 19.0 Å². The maximum atomic E-state index is 12.6. The fraction of sp³-hybridized carbons (Fsp3) is 0.643. The number of carbonyl (C=O) groups is 2. The summed E-state index contributed by atoms with van der Waals surface area (Å²) in [5.74, 6) is -0.580. The molecule has 1 aliphatic rings. The van der Waals surface area contributed by atoms with Gasteiger partial charge in [0.15, 0.2) is 5.69 Å². The Bertz CT molecular complexity index is 547. The molecule has 1 aromatic rings. The van der Waals surface area contributed by atoms with Crippen LogP contribution in [0.1, 0.15) is 43.2 Å². The van der Waals surface area contributed by atoms with Crippen molar-refractivity contribution in [3.8, 4) is 0 Å². The van der Waals surface area contributed by atoms with Gasteiger partial charge in [-0.25, -0.2) is 4.68 Å². The van der Waals surface area contributed by atoms with Gasteiger partial charge in [0.1, 0.15) is 6.04 Å². The van der Waals surface area contributed by atoms with E-state index >= 15 is 0 Å². The average molecular weight is 314 g/mol. The molecule has 1 unspecified atom stereocenters. The number of amides is 2. The molecule has 8 heteroatoms. The number of likely N-dealkylation sites (N-methyl/N-ethyl adjacent to an activating group) is 1. The minimum Gasteiger partial charge on any atom is -0.342 e. The Hall–Kier alpha value is -1.99. The first-order valence-corrected chi connectivity index (χ1v) is 7.35. The molecule has 122 valence electrons. The van der Waals surface area contributed by atoms with Gasteiger partial charge in [-0.3, -0.25) is 9.59 Å². The highest BCUT2D eigenvalue weighted by atomic mass is 19.3. The van der Waals surface area contributed by atoms with Gasteiger partial charge in [-0.1, -0.05) is 19.8 Å². The highest BCUT2D eigenvalue weighted by Crippen LogP contribution is 2.19. The molecular formula is C14H20F2N4O2. The van der Waals surface area contributed by atoms with Crippen LogP contribution in [-0.4, -0.2) is 57.6 Å². The highest BCUT2D eigenvalue weighted by molar-refractivity contribution is 5.96. The summed E-state index contributed by atoms with van der Waals surface area (Å²) in [5.41, 5.74) is -0.0563. The average Bonchev–Trinajstić information content (AvgIpc) is 2.98. The molecule has 0 aliphatic carbocycles. The number of hydrogen-bond donors (Lipinski definition) is 0. The molecule has 0 N–H and O–H groups in total. The molecule has 0 aromatic carbocycles. The van der Waals surface area contributed by atoms with Crippen molar-refractivity contribution in [3.63, 3.8) is 0 Å². The molecule has 1 saturated heterocycles. The molecule has 2 rings (SSSR count). The monoisotopic (exact) mass is 314 g/mol. The fourth-order valence-corrected chi connectivity index (χ4v) is 2.54. The second-order valence-corrected chi connectivity index (χ2v) is 5.38. The molecule has 6 nitrogen and oxygen atoms in total. The Balaban J connectivity index is 2.19. The van der Waals surface area contributed by atoms with E-state index in [-0.39, 0.29) is 11.6 Å². The molecule has 1 atom stereocenters. The number of aromatic nitrogens is 2. The maximum Gasteiger partial charge on any atom is 0.333 e. The van der Waals surface area contributed by atoms with Gasteiger partial charge in [0.25, 0.3) is 5.91 Å². The van der Waals surface area contributed by atoms with Crippen molar-refractivity contribution in [3.05, 3.63) is 18.0 Å².